The summed E-state index contributed by atoms with van der Waals surface area (Å²) in [5.41, 5.74) is 1.68. The summed E-state index contributed by atoms with van der Waals surface area (Å²) in [6, 6.07) is 3.63. The quantitative estimate of drug-likeness (QED) is 0.910. The zero-order valence-electron chi connectivity index (χ0n) is 10.8. The van der Waals surface area contributed by atoms with E-state index in [-0.39, 0.29) is 0 Å². The van der Waals surface area contributed by atoms with Crippen molar-refractivity contribution in [3.63, 3.8) is 0 Å². The summed E-state index contributed by atoms with van der Waals surface area (Å²) in [5, 5.41) is 4.46. The third-order valence-corrected chi connectivity index (χ3v) is 3.47. The van der Waals surface area contributed by atoms with Gasteiger partial charge in [0.05, 0.1) is 17.3 Å². The van der Waals surface area contributed by atoms with Gasteiger partial charge < -0.3 is 14.6 Å². The fourth-order valence-corrected chi connectivity index (χ4v) is 2.09. The van der Waals surface area contributed by atoms with Crippen LogP contribution < -0.4 is 5.32 Å². The van der Waals surface area contributed by atoms with Crippen LogP contribution in [0.5, 0.6) is 0 Å². The van der Waals surface area contributed by atoms with Gasteiger partial charge in [-0.1, -0.05) is 23.2 Å². The molecule has 0 radical (unpaired) electrons. The molecule has 0 atom stereocenters. The van der Waals surface area contributed by atoms with E-state index in [1.54, 1.807) is 19.4 Å². The average molecular weight is 300 g/mol. The highest BCUT2D eigenvalue weighted by Crippen LogP contribution is 2.30. The highest BCUT2D eigenvalue weighted by molar-refractivity contribution is 6.35. The SMILES string of the molecule is COCCn1ccnc1Nc1cc(Cl)c(C)cc1Cl. The number of anilines is 2. The Morgan fingerprint density at radius 2 is 2.11 bits per heavy atom. The molecule has 0 saturated heterocycles. The third-order valence-electron chi connectivity index (χ3n) is 2.75. The van der Waals surface area contributed by atoms with Crippen molar-refractivity contribution in [2.24, 2.45) is 0 Å². The second-order valence-electron chi connectivity index (χ2n) is 4.14. The summed E-state index contributed by atoms with van der Waals surface area (Å²) in [6.07, 6.45) is 3.60. The van der Waals surface area contributed by atoms with Crippen molar-refractivity contribution in [3.8, 4) is 0 Å². The Morgan fingerprint density at radius 1 is 1.32 bits per heavy atom. The van der Waals surface area contributed by atoms with Crippen LogP contribution in [-0.2, 0) is 11.3 Å². The van der Waals surface area contributed by atoms with Crippen molar-refractivity contribution in [3.05, 3.63) is 40.1 Å². The predicted molar refractivity (Wildman–Crippen MR) is 78.6 cm³/mol. The third kappa shape index (κ3) is 3.41. The number of nitrogens with one attached hydrogen (secondary N) is 1. The molecule has 1 heterocycles. The molecule has 0 aliphatic rings. The lowest BCUT2D eigenvalue weighted by Gasteiger charge is -2.12. The molecule has 0 bridgehead atoms. The van der Waals surface area contributed by atoms with E-state index in [1.165, 1.54) is 0 Å². The number of rotatable bonds is 5. The molecule has 4 nitrogen and oxygen atoms in total. The van der Waals surface area contributed by atoms with E-state index >= 15 is 0 Å². The zero-order valence-corrected chi connectivity index (χ0v) is 12.3. The highest BCUT2D eigenvalue weighted by atomic mass is 35.5. The molecular weight excluding hydrogens is 285 g/mol. The highest BCUT2D eigenvalue weighted by Gasteiger charge is 2.08. The number of hydrogen-bond donors (Lipinski definition) is 1. The summed E-state index contributed by atoms with van der Waals surface area (Å²) >= 11 is 12.3. The molecule has 0 aliphatic carbocycles. The Labute approximate surface area is 122 Å². The molecule has 1 aromatic carbocycles. The lowest BCUT2D eigenvalue weighted by atomic mass is 10.2. The Hall–Kier alpha value is -1.23. The van der Waals surface area contributed by atoms with Crippen molar-refractivity contribution < 1.29 is 4.74 Å². The van der Waals surface area contributed by atoms with E-state index in [0.29, 0.717) is 22.6 Å². The molecule has 0 unspecified atom stereocenters. The summed E-state index contributed by atoms with van der Waals surface area (Å²) in [5.74, 6) is 0.707. The van der Waals surface area contributed by atoms with E-state index < -0.39 is 0 Å². The van der Waals surface area contributed by atoms with Crippen LogP contribution in [0.3, 0.4) is 0 Å². The molecule has 2 aromatic rings. The van der Waals surface area contributed by atoms with E-state index in [4.69, 9.17) is 27.9 Å². The molecule has 6 heteroatoms. The Morgan fingerprint density at radius 3 is 2.84 bits per heavy atom. The lowest BCUT2D eigenvalue weighted by molar-refractivity contribution is 0.188. The number of benzene rings is 1. The molecule has 1 aromatic heterocycles. The monoisotopic (exact) mass is 299 g/mol. The van der Waals surface area contributed by atoms with E-state index in [9.17, 15) is 0 Å². The van der Waals surface area contributed by atoms with Gasteiger partial charge in [-0.05, 0) is 24.6 Å². The average Bonchev–Trinajstić information content (AvgIpc) is 2.81. The molecule has 0 amide bonds. The maximum atomic E-state index is 6.19. The van der Waals surface area contributed by atoms with Gasteiger partial charge in [0, 0.05) is 31.1 Å². The number of imidazole rings is 1. The minimum atomic E-state index is 0.614. The van der Waals surface area contributed by atoms with E-state index in [2.05, 4.69) is 10.3 Å². The summed E-state index contributed by atoms with van der Waals surface area (Å²) < 4.78 is 7.01. The Kier molecular flexibility index (Phi) is 4.69. The smallest absolute Gasteiger partial charge is 0.207 e. The molecule has 2 rings (SSSR count). The first-order chi connectivity index (χ1) is 9.11. The summed E-state index contributed by atoms with van der Waals surface area (Å²) in [6.45, 7) is 3.25. The van der Waals surface area contributed by atoms with Gasteiger partial charge in [0.15, 0.2) is 0 Å². The van der Waals surface area contributed by atoms with Crippen molar-refractivity contribution in [2.75, 3.05) is 19.0 Å². The first-order valence-corrected chi connectivity index (χ1v) is 6.60. The largest absolute Gasteiger partial charge is 0.383 e. The zero-order chi connectivity index (χ0) is 13.8. The topological polar surface area (TPSA) is 39.1 Å². The normalized spacial score (nSPS) is 10.7. The minimum Gasteiger partial charge on any atom is -0.383 e. The van der Waals surface area contributed by atoms with Crippen molar-refractivity contribution in [1.82, 2.24) is 9.55 Å². The molecule has 0 spiro atoms. The maximum Gasteiger partial charge on any atom is 0.207 e. The van der Waals surface area contributed by atoms with Crippen LogP contribution in [0, 0.1) is 6.92 Å². The fraction of sp³-hybridized carbons (Fsp3) is 0.308. The van der Waals surface area contributed by atoms with Gasteiger partial charge in [0.1, 0.15) is 0 Å². The van der Waals surface area contributed by atoms with Gasteiger partial charge in [-0.15, -0.1) is 0 Å². The Balaban J connectivity index is 2.21. The number of hydrogen-bond acceptors (Lipinski definition) is 3. The van der Waals surface area contributed by atoms with Gasteiger partial charge in [0.25, 0.3) is 0 Å². The first kappa shape index (κ1) is 14.2. The van der Waals surface area contributed by atoms with Crippen LogP contribution in [0.1, 0.15) is 5.56 Å². The first-order valence-electron chi connectivity index (χ1n) is 5.84. The van der Waals surface area contributed by atoms with Crippen molar-refractivity contribution in [1.29, 1.82) is 0 Å². The summed E-state index contributed by atoms with van der Waals surface area (Å²) in [4.78, 5) is 4.25. The van der Waals surface area contributed by atoms with Crippen LogP contribution in [0.25, 0.3) is 0 Å². The number of aromatic nitrogens is 2. The van der Waals surface area contributed by atoms with Crippen LogP contribution in [0.2, 0.25) is 10.0 Å². The van der Waals surface area contributed by atoms with Gasteiger partial charge >= 0.3 is 0 Å². The van der Waals surface area contributed by atoms with Gasteiger partial charge in [-0.3, -0.25) is 0 Å². The van der Waals surface area contributed by atoms with Gasteiger partial charge in [-0.25, -0.2) is 4.98 Å². The lowest BCUT2D eigenvalue weighted by Crippen LogP contribution is -2.07. The molecular formula is C13H15Cl2N3O. The van der Waals surface area contributed by atoms with Crippen LogP contribution in [-0.4, -0.2) is 23.3 Å². The molecule has 0 aliphatic heterocycles. The standard InChI is InChI=1S/C13H15Cl2N3O/c1-9-7-11(15)12(8-10(9)14)17-13-16-3-4-18(13)5-6-19-2/h3-4,7-8H,5-6H2,1-2H3,(H,16,17). The van der Waals surface area contributed by atoms with E-state index in [0.717, 1.165) is 17.8 Å². The molecule has 0 fully saturated rings. The second kappa shape index (κ2) is 6.28. The molecule has 19 heavy (non-hydrogen) atoms. The van der Waals surface area contributed by atoms with Crippen molar-refractivity contribution >= 4 is 34.8 Å². The second-order valence-corrected chi connectivity index (χ2v) is 4.96. The van der Waals surface area contributed by atoms with Crippen LogP contribution in [0.15, 0.2) is 24.5 Å². The number of aryl methyl sites for hydroxylation is 1. The predicted octanol–water partition coefficient (Wildman–Crippen LogP) is 3.89. The number of halogens is 2. The summed E-state index contributed by atoms with van der Waals surface area (Å²) in [7, 11) is 1.67. The minimum absolute atomic E-state index is 0.614. The molecule has 102 valence electrons. The molecule has 1 N–H and O–H groups in total. The number of ether oxygens (including phenoxy) is 1. The Bertz CT molecular complexity index is 569. The number of methoxy groups -OCH3 is 1. The fourth-order valence-electron chi connectivity index (χ4n) is 1.67. The molecule has 0 saturated carbocycles. The maximum absolute atomic E-state index is 6.19. The van der Waals surface area contributed by atoms with E-state index in [1.807, 2.05) is 23.8 Å². The van der Waals surface area contributed by atoms with Gasteiger partial charge in [-0.2, -0.15) is 0 Å². The van der Waals surface area contributed by atoms with Crippen LogP contribution in [0.4, 0.5) is 11.6 Å². The van der Waals surface area contributed by atoms with Crippen molar-refractivity contribution in [2.45, 2.75) is 13.5 Å². The van der Waals surface area contributed by atoms with Crippen LogP contribution >= 0.6 is 23.2 Å². The van der Waals surface area contributed by atoms with Gasteiger partial charge in [0.2, 0.25) is 5.95 Å². The number of nitrogens with zero attached hydrogens (tertiary/aromatic N) is 2.